The van der Waals surface area contributed by atoms with Gasteiger partial charge in [-0.15, -0.1) is 10.2 Å². The largest absolute Gasteiger partial charge is 0.378 e. The molecule has 0 radical (unpaired) electrons. The van der Waals surface area contributed by atoms with E-state index in [1.54, 1.807) is 19.1 Å². The maximum Gasteiger partial charge on any atom is 0.274 e. The number of thioether (sulfide) groups is 1. The summed E-state index contributed by atoms with van der Waals surface area (Å²) in [5.41, 5.74) is 4.68. The number of carbonyl (C=O) groups is 1. The van der Waals surface area contributed by atoms with Gasteiger partial charge in [-0.2, -0.15) is 0 Å². The van der Waals surface area contributed by atoms with Gasteiger partial charge in [-0.3, -0.25) is 19.5 Å². The summed E-state index contributed by atoms with van der Waals surface area (Å²) in [6, 6.07) is 18.3. The zero-order valence-electron chi connectivity index (χ0n) is 20.5. The molecule has 1 heterocycles. The van der Waals surface area contributed by atoms with E-state index in [1.165, 1.54) is 17.8 Å². The van der Waals surface area contributed by atoms with Crippen LogP contribution in [0.15, 0.2) is 65.8 Å². The number of amides is 1. The van der Waals surface area contributed by atoms with Gasteiger partial charge < -0.3 is 10.6 Å². The molecule has 0 spiro atoms. The first-order chi connectivity index (χ1) is 17.7. The minimum absolute atomic E-state index is 0.0448. The second kappa shape index (κ2) is 11.4. The first-order valence-electron chi connectivity index (χ1n) is 11.4. The van der Waals surface area contributed by atoms with Gasteiger partial charge in [-0.25, -0.2) is 0 Å². The van der Waals surface area contributed by atoms with Crippen molar-refractivity contribution in [2.45, 2.75) is 32.5 Å². The maximum absolute atomic E-state index is 12.6. The zero-order valence-corrected chi connectivity index (χ0v) is 22.1. The second-order valence-corrected chi connectivity index (χ2v) is 9.83. The van der Waals surface area contributed by atoms with Crippen molar-refractivity contribution in [2.24, 2.45) is 0 Å². The number of benzene rings is 3. The summed E-state index contributed by atoms with van der Waals surface area (Å²) in [7, 11) is 0. The van der Waals surface area contributed by atoms with Gasteiger partial charge in [0.2, 0.25) is 5.91 Å². The van der Waals surface area contributed by atoms with Crippen LogP contribution in [0.5, 0.6) is 0 Å². The van der Waals surface area contributed by atoms with Crippen molar-refractivity contribution < 1.29 is 9.72 Å². The lowest BCUT2D eigenvalue weighted by Gasteiger charge is -2.12. The predicted octanol–water partition coefficient (Wildman–Crippen LogP) is 6.10. The highest BCUT2D eigenvalue weighted by atomic mass is 35.5. The molecule has 0 aliphatic rings. The summed E-state index contributed by atoms with van der Waals surface area (Å²) in [5, 5.41) is 27.2. The Morgan fingerprint density at radius 1 is 1.00 bits per heavy atom. The van der Waals surface area contributed by atoms with Crippen LogP contribution >= 0.6 is 23.4 Å². The molecule has 9 nitrogen and oxygen atoms in total. The van der Waals surface area contributed by atoms with Crippen LogP contribution in [-0.4, -0.2) is 31.3 Å². The van der Waals surface area contributed by atoms with Crippen molar-refractivity contribution in [3.63, 3.8) is 0 Å². The third kappa shape index (κ3) is 6.46. The molecule has 0 unspecified atom stereocenters. The first kappa shape index (κ1) is 26.2. The Hall–Kier alpha value is -3.89. The summed E-state index contributed by atoms with van der Waals surface area (Å²) in [6.07, 6.45) is 0. The van der Waals surface area contributed by atoms with Crippen LogP contribution in [-0.2, 0) is 11.3 Å². The Labute approximate surface area is 223 Å². The van der Waals surface area contributed by atoms with Crippen LogP contribution < -0.4 is 10.6 Å². The lowest BCUT2D eigenvalue weighted by Crippen LogP contribution is -2.15. The van der Waals surface area contributed by atoms with Crippen molar-refractivity contribution >= 4 is 46.3 Å². The number of aryl methyl sites for hydroxylation is 3. The molecule has 190 valence electrons. The van der Waals surface area contributed by atoms with Crippen molar-refractivity contribution in [2.75, 3.05) is 16.4 Å². The third-order valence-corrected chi connectivity index (χ3v) is 6.97. The van der Waals surface area contributed by atoms with Crippen molar-refractivity contribution in [1.29, 1.82) is 0 Å². The number of nitro benzene ring substituents is 1. The fourth-order valence-electron chi connectivity index (χ4n) is 3.56. The topological polar surface area (TPSA) is 115 Å². The standard InChI is InChI=1S/C26H25ClN6O3S/c1-16-4-10-21(11-5-16)32-24(14-28-19-8-6-17(2)22(27)12-19)30-31-26(32)37-15-25(34)29-20-9-7-18(3)23(13-20)33(35)36/h4-13,28H,14-15H2,1-3H3,(H,29,34). The lowest BCUT2D eigenvalue weighted by atomic mass is 10.2. The van der Waals surface area contributed by atoms with Gasteiger partial charge >= 0.3 is 0 Å². The van der Waals surface area contributed by atoms with Crippen molar-refractivity contribution in [1.82, 2.24) is 14.8 Å². The normalized spacial score (nSPS) is 10.8. The van der Waals surface area contributed by atoms with E-state index in [4.69, 9.17) is 11.6 Å². The van der Waals surface area contributed by atoms with Crippen molar-refractivity contribution in [3.05, 3.63) is 98.3 Å². The highest BCUT2D eigenvalue weighted by molar-refractivity contribution is 7.99. The lowest BCUT2D eigenvalue weighted by molar-refractivity contribution is -0.385. The Morgan fingerprint density at radius 2 is 1.70 bits per heavy atom. The Morgan fingerprint density at radius 3 is 2.41 bits per heavy atom. The smallest absolute Gasteiger partial charge is 0.274 e. The van der Waals surface area contributed by atoms with Gasteiger partial charge in [0.15, 0.2) is 11.0 Å². The van der Waals surface area contributed by atoms with Crippen LogP contribution in [0.1, 0.15) is 22.5 Å². The summed E-state index contributed by atoms with van der Waals surface area (Å²) >= 11 is 7.48. The van der Waals surface area contributed by atoms with E-state index in [0.717, 1.165) is 22.5 Å². The molecule has 11 heteroatoms. The summed E-state index contributed by atoms with van der Waals surface area (Å²) in [4.78, 5) is 23.4. The van der Waals surface area contributed by atoms with E-state index in [9.17, 15) is 14.9 Å². The molecule has 0 saturated carbocycles. The molecule has 0 fully saturated rings. The van der Waals surface area contributed by atoms with Crippen LogP contribution in [0, 0.1) is 30.9 Å². The maximum atomic E-state index is 12.6. The molecule has 3 aromatic carbocycles. The number of halogens is 1. The van der Waals surface area contributed by atoms with Crippen LogP contribution in [0.2, 0.25) is 5.02 Å². The predicted molar refractivity (Wildman–Crippen MR) is 147 cm³/mol. The SMILES string of the molecule is Cc1ccc(-n2c(CNc3ccc(C)c(Cl)c3)nnc2SCC(=O)Nc2ccc(C)c([N+](=O)[O-])c2)cc1. The van der Waals surface area contributed by atoms with Gasteiger partial charge in [0, 0.05) is 33.7 Å². The van der Waals surface area contributed by atoms with Crippen LogP contribution in [0.25, 0.3) is 5.69 Å². The summed E-state index contributed by atoms with van der Waals surface area (Å²) in [6.45, 7) is 5.99. The van der Waals surface area contributed by atoms with Gasteiger partial charge in [0.25, 0.3) is 5.69 Å². The van der Waals surface area contributed by atoms with E-state index in [1.807, 2.05) is 60.9 Å². The number of nitrogens with zero attached hydrogens (tertiary/aromatic N) is 4. The molecule has 0 bridgehead atoms. The fourth-order valence-corrected chi connectivity index (χ4v) is 4.51. The number of aromatic nitrogens is 3. The molecule has 0 atom stereocenters. The van der Waals surface area contributed by atoms with Gasteiger partial charge in [0.1, 0.15) is 0 Å². The molecular weight excluding hydrogens is 512 g/mol. The highest BCUT2D eigenvalue weighted by Gasteiger charge is 2.17. The van der Waals surface area contributed by atoms with Gasteiger partial charge in [0.05, 0.1) is 17.2 Å². The van der Waals surface area contributed by atoms with E-state index in [0.29, 0.717) is 33.8 Å². The van der Waals surface area contributed by atoms with Crippen LogP contribution in [0.4, 0.5) is 17.1 Å². The van der Waals surface area contributed by atoms with E-state index < -0.39 is 4.92 Å². The molecule has 37 heavy (non-hydrogen) atoms. The summed E-state index contributed by atoms with van der Waals surface area (Å²) in [5.74, 6) is 0.403. The molecule has 4 aromatic rings. The number of anilines is 2. The van der Waals surface area contributed by atoms with Gasteiger partial charge in [-0.1, -0.05) is 53.2 Å². The highest BCUT2D eigenvalue weighted by Crippen LogP contribution is 2.26. The molecule has 0 aliphatic carbocycles. The average molecular weight is 537 g/mol. The van der Waals surface area contributed by atoms with Crippen molar-refractivity contribution in [3.8, 4) is 5.69 Å². The number of hydrogen-bond donors (Lipinski definition) is 2. The van der Waals surface area contributed by atoms with E-state index >= 15 is 0 Å². The molecular formula is C26H25ClN6O3S. The summed E-state index contributed by atoms with van der Waals surface area (Å²) < 4.78 is 1.90. The van der Waals surface area contributed by atoms with E-state index in [2.05, 4.69) is 20.8 Å². The van der Waals surface area contributed by atoms with Gasteiger partial charge in [-0.05, 0) is 56.7 Å². The molecule has 1 amide bonds. The van der Waals surface area contributed by atoms with E-state index in [-0.39, 0.29) is 17.3 Å². The number of rotatable bonds is 9. The quantitative estimate of drug-likeness (QED) is 0.151. The average Bonchev–Trinajstić information content (AvgIpc) is 3.27. The Balaban J connectivity index is 1.51. The molecule has 1 aromatic heterocycles. The number of nitrogens with one attached hydrogen (secondary N) is 2. The number of carbonyl (C=O) groups excluding carboxylic acids is 1. The van der Waals surface area contributed by atoms with Crippen LogP contribution in [0.3, 0.4) is 0 Å². The second-order valence-electron chi connectivity index (χ2n) is 8.48. The fraction of sp³-hybridized carbons (Fsp3) is 0.192. The number of hydrogen-bond acceptors (Lipinski definition) is 7. The first-order valence-corrected chi connectivity index (χ1v) is 12.8. The Kier molecular flexibility index (Phi) is 8.10. The molecule has 0 saturated heterocycles. The zero-order chi connectivity index (χ0) is 26.5. The Bertz CT molecular complexity index is 1460. The number of nitro groups is 1. The molecule has 0 aliphatic heterocycles. The minimum atomic E-state index is -0.468. The minimum Gasteiger partial charge on any atom is -0.378 e. The molecule has 4 rings (SSSR count). The third-order valence-electron chi connectivity index (χ3n) is 5.64. The monoisotopic (exact) mass is 536 g/mol. The molecule has 2 N–H and O–H groups in total.